The molecule has 0 bridgehead atoms. The second kappa shape index (κ2) is 6.16. The van der Waals surface area contributed by atoms with Gasteiger partial charge in [0.1, 0.15) is 11.6 Å². The average Bonchev–Trinajstić information content (AvgIpc) is 3.26. The molecule has 3 rings (SSSR count). The van der Waals surface area contributed by atoms with Crippen molar-refractivity contribution in [2.45, 2.75) is 42.1 Å². The minimum absolute atomic E-state index is 0.452. The molecule has 110 valence electrons. The molecule has 0 heterocycles. The molecule has 2 aromatic carbocycles. The maximum Gasteiger partial charge on any atom is 0.140 e. The first-order valence-electron chi connectivity index (χ1n) is 7.07. The Balaban J connectivity index is 1.82. The van der Waals surface area contributed by atoms with Crippen molar-refractivity contribution in [3.8, 4) is 0 Å². The van der Waals surface area contributed by atoms with Crippen LogP contribution in [0.3, 0.4) is 0 Å². The van der Waals surface area contributed by atoms with Gasteiger partial charge in [-0.05, 0) is 43.5 Å². The van der Waals surface area contributed by atoms with Crippen molar-refractivity contribution in [2.24, 2.45) is 0 Å². The summed E-state index contributed by atoms with van der Waals surface area (Å²) in [6.45, 7) is 2.84. The molecule has 1 saturated carbocycles. The number of aryl methyl sites for hydroxylation is 1. The van der Waals surface area contributed by atoms with Crippen molar-refractivity contribution in [3.05, 3.63) is 59.2 Å². The molecular weight excluding hydrogens is 288 g/mol. The highest BCUT2D eigenvalue weighted by atomic mass is 32.2. The summed E-state index contributed by atoms with van der Waals surface area (Å²) in [5, 5.41) is 3.48. The van der Waals surface area contributed by atoms with Crippen molar-refractivity contribution >= 4 is 11.8 Å². The van der Waals surface area contributed by atoms with Crippen LogP contribution in [0.25, 0.3) is 0 Å². The number of halogens is 2. The molecule has 0 spiro atoms. The zero-order valence-corrected chi connectivity index (χ0v) is 12.6. The molecule has 2 aromatic rings. The second-order valence-electron chi connectivity index (χ2n) is 5.44. The fraction of sp³-hybridized carbons (Fsp3) is 0.294. The standard InChI is InChI=1S/C17H17F2NS/c1-11-2-6-16(12(8-11)10-20-14-4-5-14)21-17-7-3-13(18)9-15(17)19/h2-3,6-9,14,20H,4-5,10H2,1H3. The largest absolute Gasteiger partial charge is 0.310 e. The summed E-state index contributed by atoms with van der Waals surface area (Å²) in [6, 6.07) is 10.5. The van der Waals surface area contributed by atoms with Gasteiger partial charge in [0.15, 0.2) is 0 Å². The average molecular weight is 305 g/mol. The molecule has 0 radical (unpaired) electrons. The third kappa shape index (κ3) is 3.83. The smallest absolute Gasteiger partial charge is 0.140 e. The van der Waals surface area contributed by atoms with Gasteiger partial charge >= 0.3 is 0 Å². The van der Waals surface area contributed by atoms with Gasteiger partial charge in [0.25, 0.3) is 0 Å². The van der Waals surface area contributed by atoms with E-state index >= 15 is 0 Å². The first kappa shape index (κ1) is 14.5. The Morgan fingerprint density at radius 2 is 1.86 bits per heavy atom. The van der Waals surface area contributed by atoms with Gasteiger partial charge in [-0.15, -0.1) is 0 Å². The highest BCUT2D eigenvalue weighted by Gasteiger charge is 2.20. The number of benzene rings is 2. The van der Waals surface area contributed by atoms with E-state index in [9.17, 15) is 8.78 Å². The predicted octanol–water partition coefficient (Wildman–Crippen LogP) is 4.68. The fourth-order valence-corrected chi connectivity index (χ4v) is 3.09. The first-order valence-corrected chi connectivity index (χ1v) is 7.89. The molecule has 0 atom stereocenters. The zero-order chi connectivity index (χ0) is 14.8. The van der Waals surface area contributed by atoms with Gasteiger partial charge in [0, 0.05) is 28.4 Å². The van der Waals surface area contributed by atoms with E-state index in [4.69, 9.17) is 0 Å². The Labute approximate surface area is 127 Å². The Hall–Kier alpha value is -1.39. The zero-order valence-electron chi connectivity index (χ0n) is 11.8. The van der Waals surface area contributed by atoms with Crippen LogP contribution in [0.15, 0.2) is 46.2 Å². The van der Waals surface area contributed by atoms with Gasteiger partial charge in [0.05, 0.1) is 0 Å². The van der Waals surface area contributed by atoms with Crippen LogP contribution in [0, 0.1) is 18.6 Å². The summed E-state index contributed by atoms with van der Waals surface area (Å²) < 4.78 is 26.8. The Morgan fingerprint density at radius 3 is 2.57 bits per heavy atom. The Bertz CT molecular complexity index is 653. The number of rotatable bonds is 5. The minimum atomic E-state index is -0.545. The van der Waals surface area contributed by atoms with Gasteiger partial charge in [-0.1, -0.05) is 29.5 Å². The van der Waals surface area contributed by atoms with Crippen molar-refractivity contribution < 1.29 is 8.78 Å². The monoisotopic (exact) mass is 305 g/mol. The number of hydrogen-bond acceptors (Lipinski definition) is 2. The second-order valence-corrected chi connectivity index (χ2v) is 6.53. The van der Waals surface area contributed by atoms with Crippen LogP contribution in [0.5, 0.6) is 0 Å². The molecule has 0 aromatic heterocycles. The molecular formula is C17H17F2NS. The van der Waals surface area contributed by atoms with Gasteiger partial charge in [-0.3, -0.25) is 0 Å². The maximum atomic E-state index is 13.8. The van der Waals surface area contributed by atoms with Crippen molar-refractivity contribution in [3.63, 3.8) is 0 Å². The molecule has 0 aliphatic heterocycles. The van der Waals surface area contributed by atoms with Crippen LogP contribution in [0.2, 0.25) is 0 Å². The quantitative estimate of drug-likeness (QED) is 0.861. The normalized spacial score (nSPS) is 14.4. The summed E-state index contributed by atoms with van der Waals surface area (Å²) in [5.41, 5.74) is 2.35. The lowest BCUT2D eigenvalue weighted by molar-refractivity contribution is 0.565. The van der Waals surface area contributed by atoms with E-state index in [1.807, 2.05) is 19.1 Å². The van der Waals surface area contributed by atoms with Crippen molar-refractivity contribution in [1.29, 1.82) is 0 Å². The van der Waals surface area contributed by atoms with Crippen LogP contribution in [-0.4, -0.2) is 6.04 Å². The van der Waals surface area contributed by atoms with E-state index in [2.05, 4.69) is 11.4 Å². The lowest BCUT2D eigenvalue weighted by atomic mass is 10.1. The van der Waals surface area contributed by atoms with Crippen LogP contribution >= 0.6 is 11.8 Å². The molecule has 0 amide bonds. The van der Waals surface area contributed by atoms with E-state index in [0.29, 0.717) is 10.9 Å². The molecule has 1 fully saturated rings. The Kier molecular flexibility index (Phi) is 4.27. The third-order valence-electron chi connectivity index (χ3n) is 3.49. The summed E-state index contributed by atoms with van der Waals surface area (Å²) >= 11 is 1.35. The molecule has 1 nitrogen and oxygen atoms in total. The third-order valence-corrected chi connectivity index (χ3v) is 4.66. The number of nitrogens with one attached hydrogen (secondary N) is 1. The molecule has 1 aliphatic carbocycles. The van der Waals surface area contributed by atoms with Crippen LogP contribution in [-0.2, 0) is 6.54 Å². The molecule has 21 heavy (non-hydrogen) atoms. The lowest BCUT2D eigenvalue weighted by Crippen LogP contribution is -2.15. The van der Waals surface area contributed by atoms with E-state index in [-0.39, 0.29) is 0 Å². The maximum absolute atomic E-state index is 13.8. The summed E-state index contributed by atoms with van der Waals surface area (Å²) in [6.07, 6.45) is 2.47. The Morgan fingerprint density at radius 1 is 1.10 bits per heavy atom. The van der Waals surface area contributed by atoms with Crippen LogP contribution in [0.1, 0.15) is 24.0 Å². The van der Waals surface area contributed by atoms with Gasteiger partial charge in [-0.25, -0.2) is 8.78 Å². The van der Waals surface area contributed by atoms with Crippen LogP contribution < -0.4 is 5.32 Å². The lowest BCUT2D eigenvalue weighted by Gasteiger charge is -2.12. The van der Waals surface area contributed by atoms with Crippen molar-refractivity contribution in [1.82, 2.24) is 5.32 Å². The first-order chi connectivity index (χ1) is 10.1. The van der Waals surface area contributed by atoms with E-state index < -0.39 is 11.6 Å². The molecule has 0 saturated heterocycles. The molecule has 0 unspecified atom stereocenters. The van der Waals surface area contributed by atoms with Gasteiger partial charge in [0.2, 0.25) is 0 Å². The van der Waals surface area contributed by atoms with E-state index in [1.165, 1.54) is 42.3 Å². The van der Waals surface area contributed by atoms with Crippen LogP contribution in [0.4, 0.5) is 8.78 Å². The molecule has 1 N–H and O–H groups in total. The number of hydrogen-bond donors (Lipinski definition) is 1. The highest BCUT2D eigenvalue weighted by molar-refractivity contribution is 7.99. The van der Waals surface area contributed by atoms with Gasteiger partial charge in [-0.2, -0.15) is 0 Å². The van der Waals surface area contributed by atoms with E-state index in [0.717, 1.165) is 23.1 Å². The molecule has 1 aliphatic rings. The fourth-order valence-electron chi connectivity index (χ4n) is 2.16. The van der Waals surface area contributed by atoms with E-state index in [1.54, 1.807) is 0 Å². The summed E-state index contributed by atoms with van der Waals surface area (Å²) in [4.78, 5) is 1.46. The SMILES string of the molecule is Cc1ccc(Sc2ccc(F)cc2F)c(CNC2CC2)c1. The molecule has 4 heteroatoms. The highest BCUT2D eigenvalue weighted by Crippen LogP contribution is 2.33. The topological polar surface area (TPSA) is 12.0 Å². The van der Waals surface area contributed by atoms with Crippen molar-refractivity contribution in [2.75, 3.05) is 0 Å². The predicted molar refractivity (Wildman–Crippen MR) is 81.5 cm³/mol. The van der Waals surface area contributed by atoms with Gasteiger partial charge < -0.3 is 5.32 Å². The summed E-state index contributed by atoms with van der Waals surface area (Å²) in [7, 11) is 0. The minimum Gasteiger partial charge on any atom is -0.310 e. The summed E-state index contributed by atoms with van der Waals surface area (Å²) in [5.74, 6) is -1.06.